The van der Waals surface area contributed by atoms with Crippen LogP contribution in [0.4, 0.5) is 0 Å². The molecule has 1 aliphatic carbocycles. The van der Waals surface area contributed by atoms with Gasteiger partial charge < -0.3 is 15.8 Å². The predicted octanol–water partition coefficient (Wildman–Crippen LogP) is 0.426. The minimum absolute atomic E-state index is 0.197. The van der Waals surface area contributed by atoms with Gasteiger partial charge in [-0.1, -0.05) is 0 Å². The van der Waals surface area contributed by atoms with Crippen molar-refractivity contribution < 1.29 is 19.5 Å². The second kappa shape index (κ2) is 7.24. The fraction of sp³-hybridized carbons (Fsp3) is 0.467. The maximum absolute atomic E-state index is 12.2. The largest absolute Gasteiger partial charge is 0.494 e. The number of amides is 2. The van der Waals surface area contributed by atoms with Crippen LogP contribution in [0.1, 0.15) is 30.1 Å². The van der Waals surface area contributed by atoms with Gasteiger partial charge in [0.2, 0.25) is 0 Å². The second-order valence-corrected chi connectivity index (χ2v) is 5.30. The van der Waals surface area contributed by atoms with Gasteiger partial charge in [0.15, 0.2) is 0 Å². The van der Waals surface area contributed by atoms with Crippen LogP contribution >= 0.6 is 0 Å². The van der Waals surface area contributed by atoms with Gasteiger partial charge in [-0.25, -0.2) is 5.48 Å². The lowest BCUT2D eigenvalue weighted by molar-refractivity contribution is -0.131. The molecule has 2 rings (SSSR count). The Morgan fingerprint density at radius 1 is 1.36 bits per heavy atom. The van der Waals surface area contributed by atoms with E-state index in [1.54, 1.807) is 29.7 Å². The molecule has 0 unspecified atom stereocenters. The maximum Gasteiger partial charge on any atom is 0.267 e. The molecule has 1 aliphatic rings. The molecule has 7 nitrogen and oxygen atoms in total. The molecule has 0 saturated heterocycles. The summed E-state index contributed by atoms with van der Waals surface area (Å²) in [6.45, 7) is 2.42. The molecule has 1 saturated carbocycles. The highest BCUT2D eigenvalue weighted by Crippen LogP contribution is 2.33. The highest BCUT2D eigenvalue weighted by Gasteiger charge is 2.38. The molecule has 0 spiro atoms. The molecule has 1 aromatic carbocycles. The van der Waals surface area contributed by atoms with Crippen molar-refractivity contribution in [2.45, 2.75) is 31.8 Å². The molecular formula is C15H21N3O4. The van der Waals surface area contributed by atoms with Crippen molar-refractivity contribution in [3.8, 4) is 5.75 Å². The van der Waals surface area contributed by atoms with E-state index in [9.17, 15) is 9.59 Å². The summed E-state index contributed by atoms with van der Waals surface area (Å²) in [5.41, 5.74) is 7.93. The third kappa shape index (κ3) is 3.96. The third-order valence-electron chi connectivity index (χ3n) is 3.66. The van der Waals surface area contributed by atoms with E-state index in [4.69, 9.17) is 15.7 Å². The summed E-state index contributed by atoms with van der Waals surface area (Å²) in [6.07, 6.45) is 1.85. The number of carbonyl (C=O) groups excluding carboxylic acids is 2. The quantitative estimate of drug-likeness (QED) is 0.431. The number of hydroxylamine groups is 1. The standard InChI is InChI=1S/C15H21N3O4/c1-2-22-11-7-5-10(6-8-11)14(19)17-13(15(20)18-21)12(16)9-3-4-9/h5-9,12-13,21H,2-4,16H2,1H3,(H,17,19)(H,18,20)/t12-,13+/m1/s1. The van der Waals surface area contributed by atoms with Crippen LogP contribution in [-0.2, 0) is 4.79 Å². The SMILES string of the molecule is CCOc1ccc(C(=O)N[C@H](C(=O)NO)[C@H](N)C2CC2)cc1. The summed E-state index contributed by atoms with van der Waals surface area (Å²) in [4.78, 5) is 23.9. The Kier molecular flexibility index (Phi) is 5.35. The van der Waals surface area contributed by atoms with Crippen molar-refractivity contribution in [2.75, 3.05) is 6.61 Å². The molecule has 7 heteroatoms. The van der Waals surface area contributed by atoms with Gasteiger partial charge in [0.25, 0.3) is 11.8 Å². The van der Waals surface area contributed by atoms with E-state index < -0.39 is 23.9 Å². The molecule has 120 valence electrons. The number of hydrogen-bond acceptors (Lipinski definition) is 5. The van der Waals surface area contributed by atoms with Crippen LogP contribution in [0.25, 0.3) is 0 Å². The first-order valence-electron chi connectivity index (χ1n) is 7.30. The lowest BCUT2D eigenvalue weighted by atomic mass is 10.0. The van der Waals surface area contributed by atoms with Gasteiger partial charge in [0.1, 0.15) is 11.8 Å². The summed E-state index contributed by atoms with van der Waals surface area (Å²) in [5.74, 6) is -0.271. The number of ether oxygens (including phenoxy) is 1. The van der Waals surface area contributed by atoms with Gasteiger partial charge in [-0.15, -0.1) is 0 Å². The summed E-state index contributed by atoms with van der Waals surface area (Å²) in [6, 6.07) is 5.10. The Morgan fingerprint density at radius 2 is 2.00 bits per heavy atom. The van der Waals surface area contributed by atoms with Crippen molar-refractivity contribution in [1.29, 1.82) is 0 Å². The van der Waals surface area contributed by atoms with E-state index in [0.29, 0.717) is 17.9 Å². The van der Waals surface area contributed by atoms with Crippen molar-refractivity contribution >= 4 is 11.8 Å². The van der Waals surface area contributed by atoms with Crippen LogP contribution in [0.3, 0.4) is 0 Å². The average molecular weight is 307 g/mol. The topological polar surface area (TPSA) is 114 Å². The molecule has 5 N–H and O–H groups in total. The molecule has 1 fully saturated rings. The van der Waals surface area contributed by atoms with Crippen molar-refractivity contribution in [3.63, 3.8) is 0 Å². The Bertz CT molecular complexity index is 528. The fourth-order valence-corrected chi connectivity index (χ4v) is 2.25. The van der Waals surface area contributed by atoms with Crippen LogP contribution in [-0.4, -0.2) is 35.7 Å². The highest BCUT2D eigenvalue weighted by atomic mass is 16.5. The van der Waals surface area contributed by atoms with Gasteiger partial charge in [-0.3, -0.25) is 14.8 Å². The lowest BCUT2D eigenvalue weighted by Gasteiger charge is -2.23. The number of rotatable bonds is 7. The summed E-state index contributed by atoms with van der Waals surface area (Å²) >= 11 is 0. The van der Waals surface area contributed by atoms with E-state index in [2.05, 4.69) is 5.32 Å². The number of carbonyl (C=O) groups is 2. The molecule has 22 heavy (non-hydrogen) atoms. The lowest BCUT2D eigenvalue weighted by Crippen LogP contribution is -2.56. The highest BCUT2D eigenvalue weighted by molar-refractivity contribution is 5.97. The molecule has 0 aliphatic heterocycles. The van der Waals surface area contributed by atoms with Crippen LogP contribution < -0.4 is 21.3 Å². The predicted molar refractivity (Wildman–Crippen MR) is 79.5 cm³/mol. The van der Waals surface area contributed by atoms with Crippen LogP contribution in [0.5, 0.6) is 5.75 Å². The molecule has 0 radical (unpaired) electrons. The normalized spacial score (nSPS) is 16.5. The van der Waals surface area contributed by atoms with E-state index in [1.807, 2.05) is 6.92 Å². The number of nitrogens with one attached hydrogen (secondary N) is 2. The van der Waals surface area contributed by atoms with E-state index >= 15 is 0 Å². The number of hydrogen-bond donors (Lipinski definition) is 4. The van der Waals surface area contributed by atoms with E-state index in [-0.39, 0.29) is 5.92 Å². The van der Waals surface area contributed by atoms with Crippen molar-refractivity contribution in [2.24, 2.45) is 11.7 Å². The Hall–Kier alpha value is -2.12. The zero-order valence-corrected chi connectivity index (χ0v) is 12.4. The van der Waals surface area contributed by atoms with Crippen molar-refractivity contribution in [1.82, 2.24) is 10.8 Å². The Balaban J connectivity index is 2.04. The fourth-order valence-electron chi connectivity index (χ4n) is 2.25. The van der Waals surface area contributed by atoms with Gasteiger partial charge in [0, 0.05) is 11.6 Å². The van der Waals surface area contributed by atoms with Gasteiger partial charge >= 0.3 is 0 Å². The molecule has 1 aromatic rings. The van der Waals surface area contributed by atoms with E-state index in [0.717, 1.165) is 12.8 Å². The molecular weight excluding hydrogens is 286 g/mol. The van der Waals surface area contributed by atoms with Gasteiger partial charge in [0.05, 0.1) is 6.61 Å². The Labute approximate surface area is 128 Å². The molecule has 0 bridgehead atoms. The second-order valence-electron chi connectivity index (χ2n) is 5.30. The first-order valence-corrected chi connectivity index (χ1v) is 7.30. The minimum atomic E-state index is -0.962. The summed E-state index contributed by atoms with van der Waals surface area (Å²) in [5, 5.41) is 11.4. The number of benzene rings is 1. The van der Waals surface area contributed by atoms with Crippen LogP contribution in [0.15, 0.2) is 24.3 Å². The summed E-state index contributed by atoms with van der Waals surface area (Å²) in [7, 11) is 0. The van der Waals surface area contributed by atoms with Gasteiger partial charge in [-0.2, -0.15) is 0 Å². The molecule has 2 amide bonds. The zero-order chi connectivity index (χ0) is 16.1. The summed E-state index contributed by atoms with van der Waals surface area (Å²) < 4.78 is 5.31. The van der Waals surface area contributed by atoms with E-state index in [1.165, 1.54) is 0 Å². The average Bonchev–Trinajstić information content (AvgIpc) is 3.37. The molecule has 2 atom stereocenters. The monoisotopic (exact) mass is 307 g/mol. The number of nitrogens with two attached hydrogens (primary N) is 1. The maximum atomic E-state index is 12.2. The van der Waals surface area contributed by atoms with Crippen LogP contribution in [0, 0.1) is 5.92 Å². The molecule has 0 aromatic heterocycles. The first-order chi connectivity index (χ1) is 10.6. The minimum Gasteiger partial charge on any atom is -0.494 e. The first kappa shape index (κ1) is 16.3. The molecule has 0 heterocycles. The van der Waals surface area contributed by atoms with Crippen LogP contribution in [0.2, 0.25) is 0 Å². The van der Waals surface area contributed by atoms with Gasteiger partial charge in [-0.05, 0) is 49.9 Å². The van der Waals surface area contributed by atoms with Crippen molar-refractivity contribution in [3.05, 3.63) is 29.8 Å². The third-order valence-corrected chi connectivity index (χ3v) is 3.66. The smallest absolute Gasteiger partial charge is 0.267 e. The Morgan fingerprint density at radius 3 is 2.50 bits per heavy atom. The zero-order valence-electron chi connectivity index (χ0n) is 12.4.